The van der Waals surface area contributed by atoms with E-state index in [1.54, 1.807) is 49.4 Å². The van der Waals surface area contributed by atoms with Crippen LogP contribution in [0.3, 0.4) is 0 Å². The average molecular weight is 327 g/mol. The fourth-order valence-electron chi connectivity index (χ4n) is 2.30. The first kappa shape index (κ1) is 15.7. The molecule has 4 N–H and O–H groups in total. The van der Waals surface area contributed by atoms with Gasteiger partial charge in [-0.1, -0.05) is 6.07 Å². The molecular formula is C17H17N3O4. The van der Waals surface area contributed by atoms with Crippen molar-refractivity contribution in [3.8, 4) is 11.5 Å². The summed E-state index contributed by atoms with van der Waals surface area (Å²) < 4.78 is 10.5. The van der Waals surface area contributed by atoms with Gasteiger partial charge in [0.05, 0.1) is 0 Å². The van der Waals surface area contributed by atoms with Crippen molar-refractivity contribution in [1.29, 1.82) is 0 Å². The number of nitrogens with two attached hydrogens (primary N) is 1. The highest BCUT2D eigenvalue weighted by Crippen LogP contribution is 2.34. The summed E-state index contributed by atoms with van der Waals surface area (Å²) in [5.41, 5.74) is 6.88. The number of amides is 2. The van der Waals surface area contributed by atoms with E-state index >= 15 is 0 Å². The van der Waals surface area contributed by atoms with Crippen molar-refractivity contribution in [2.45, 2.75) is 13.0 Å². The smallest absolute Gasteiger partial charge is 0.248 e. The van der Waals surface area contributed by atoms with Crippen LogP contribution in [0.25, 0.3) is 0 Å². The number of primary amides is 1. The van der Waals surface area contributed by atoms with Crippen molar-refractivity contribution in [3.63, 3.8) is 0 Å². The Hall–Kier alpha value is -3.22. The number of ether oxygens (including phenoxy) is 2. The number of hydrogen-bond donors (Lipinski definition) is 3. The zero-order valence-corrected chi connectivity index (χ0v) is 13.0. The van der Waals surface area contributed by atoms with E-state index in [-0.39, 0.29) is 12.7 Å². The molecule has 0 fully saturated rings. The van der Waals surface area contributed by atoms with Crippen LogP contribution in [0.5, 0.6) is 11.5 Å². The van der Waals surface area contributed by atoms with Crippen LogP contribution < -0.4 is 25.8 Å². The van der Waals surface area contributed by atoms with Gasteiger partial charge < -0.3 is 25.8 Å². The van der Waals surface area contributed by atoms with Crippen LogP contribution in [0, 0.1) is 0 Å². The van der Waals surface area contributed by atoms with Crippen LogP contribution in [0.15, 0.2) is 42.5 Å². The van der Waals surface area contributed by atoms with Gasteiger partial charge in [0.2, 0.25) is 18.6 Å². The molecule has 2 aromatic rings. The van der Waals surface area contributed by atoms with Crippen molar-refractivity contribution in [2.24, 2.45) is 5.73 Å². The van der Waals surface area contributed by atoms with E-state index in [0.29, 0.717) is 28.4 Å². The summed E-state index contributed by atoms with van der Waals surface area (Å²) in [6.07, 6.45) is 0. The summed E-state index contributed by atoms with van der Waals surface area (Å²) in [5.74, 6) is 0.513. The number of carbonyl (C=O) groups excluding carboxylic acids is 2. The molecular weight excluding hydrogens is 310 g/mol. The molecule has 2 aromatic carbocycles. The van der Waals surface area contributed by atoms with Crippen LogP contribution in [0.2, 0.25) is 0 Å². The van der Waals surface area contributed by atoms with Gasteiger partial charge in [0.25, 0.3) is 0 Å². The highest BCUT2D eigenvalue weighted by Gasteiger charge is 2.17. The van der Waals surface area contributed by atoms with Crippen molar-refractivity contribution in [2.75, 3.05) is 17.4 Å². The second-order valence-electron chi connectivity index (χ2n) is 5.37. The van der Waals surface area contributed by atoms with Crippen LogP contribution in [-0.4, -0.2) is 24.6 Å². The summed E-state index contributed by atoms with van der Waals surface area (Å²) in [5, 5.41) is 5.83. The Balaban J connectivity index is 1.64. The normalized spacial score (nSPS) is 13.2. The first-order valence-corrected chi connectivity index (χ1v) is 7.40. The first-order valence-electron chi connectivity index (χ1n) is 7.40. The van der Waals surface area contributed by atoms with Crippen LogP contribution in [0.1, 0.15) is 17.3 Å². The Morgan fingerprint density at radius 3 is 2.67 bits per heavy atom. The molecule has 2 amide bonds. The molecule has 0 aliphatic carbocycles. The lowest BCUT2D eigenvalue weighted by molar-refractivity contribution is -0.116. The van der Waals surface area contributed by atoms with Gasteiger partial charge in [0.15, 0.2) is 11.5 Å². The summed E-state index contributed by atoms with van der Waals surface area (Å²) in [6, 6.07) is 11.4. The second-order valence-corrected chi connectivity index (χ2v) is 5.37. The lowest BCUT2D eigenvalue weighted by atomic mass is 10.1. The fraction of sp³-hybridized carbons (Fsp3) is 0.176. The predicted octanol–water partition coefficient (Wildman–Crippen LogP) is 1.95. The van der Waals surface area contributed by atoms with Crippen LogP contribution in [0.4, 0.5) is 11.4 Å². The maximum absolute atomic E-state index is 12.3. The van der Waals surface area contributed by atoms with E-state index in [1.807, 2.05) is 0 Å². The molecule has 7 heteroatoms. The molecule has 1 unspecified atom stereocenters. The minimum absolute atomic E-state index is 0.181. The second kappa shape index (κ2) is 6.49. The van der Waals surface area contributed by atoms with Crippen molar-refractivity contribution < 1.29 is 19.1 Å². The molecule has 1 heterocycles. The number of anilines is 2. The van der Waals surface area contributed by atoms with E-state index in [1.165, 1.54) is 0 Å². The summed E-state index contributed by atoms with van der Waals surface area (Å²) in [4.78, 5) is 23.5. The van der Waals surface area contributed by atoms with Gasteiger partial charge in [0, 0.05) is 23.0 Å². The van der Waals surface area contributed by atoms with Gasteiger partial charge in [-0.3, -0.25) is 9.59 Å². The molecule has 0 bridgehead atoms. The fourth-order valence-corrected chi connectivity index (χ4v) is 2.30. The predicted molar refractivity (Wildman–Crippen MR) is 89.2 cm³/mol. The monoisotopic (exact) mass is 327 g/mol. The molecule has 0 saturated heterocycles. The topological polar surface area (TPSA) is 103 Å². The van der Waals surface area contributed by atoms with Gasteiger partial charge in [-0.2, -0.15) is 0 Å². The quantitative estimate of drug-likeness (QED) is 0.779. The first-order chi connectivity index (χ1) is 11.5. The molecule has 1 aliphatic rings. The molecule has 7 nitrogen and oxygen atoms in total. The molecule has 3 rings (SSSR count). The highest BCUT2D eigenvalue weighted by atomic mass is 16.7. The van der Waals surface area contributed by atoms with Gasteiger partial charge in [-0.25, -0.2) is 0 Å². The molecule has 1 aliphatic heterocycles. The number of rotatable bonds is 5. The molecule has 1 atom stereocenters. The Kier molecular flexibility index (Phi) is 4.24. The van der Waals surface area contributed by atoms with Crippen LogP contribution in [-0.2, 0) is 4.79 Å². The van der Waals surface area contributed by atoms with E-state index in [2.05, 4.69) is 10.6 Å². The maximum Gasteiger partial charge on any atom is 0.248 e. The van der Waals surface area contributed by atoms with E-state index < -0.39 is 11.9 Å². The van der Waals surface area contributed by atoms with Gasteiger partial charge >= 0.3 is 0 Å². The third kappa shape index (κ3) is 3.40. The number of benzene rings is 2. The molecule has 124 valence electrons. The zero-order valence-electron chi connectivity index (χ0n) is 13.0. The minimum Gasteiger partial charge on any atom is -0.454 e. The SMILES string of the molecule is CC(Nc1cccc(C(N)=O)c1)C(=O)Nc1ccc2c(c1)OCO2. The standard InChI is InChI=1S/C17H17N3O4/c1-10(19-12-4-2-3-11(7-12)16(18)21)17(22)20-13-5-6-14-15(8-13)24-9-23-14/h2-8,10,19H,9H2,1H3,(H2,18,21)(H,20,22). The van der Waals surface area contributed by atoms with Gasteiger partial charge in [-0.05, 0) is 37.3 Å². The van der Waals surface area contributed by atoms with Crippen molar-refractivity contribution in [3.05, 3.63) is 48.0 Å². The number of carbonyl (C=O) groups is 2. The molecule has 0 radical (unpaired) electrons. The molecule has 0 spiro atoms. The third-order valence-electron chi connectivity index (χ3n) is 3.56. The Morgan fingerprint density at radius 1 is 1.08 bits per heavy atom. The summed E-state index contributed by atoms with van der Waals surface area (Å²) in [6.45, 7) is 1.90. The van der Waals surface area contributed by atoms with E-state index in [0.717, 1.165) is 0 Å². The number of hydrogen-bond acceptors (Lipinski definition) is 5. The summed E-state index contributed by atoms with van der Waals surface area (Å²) >= 11 is 0. The minimum atomic E-state index is -0.517. The molecule has 24 heavy (non-hydrogen) atoms. The highest BCUT2D eigenvalue weighted by molar-refractivity contribution is 5.97. The average Bonchev–Trinajstić information content (AvgIpc) is 3.02. The third-order valence-corrected chi connectivity index (χ3v) is 3.56. The summed E-state index contributed by atoms with van der Waals surface area (Å²) in [7, 11) is 0. The van der Waals surface area contributed by atoms with Gasteiger partial charge in [0.1, 0.15) is 6.04 Å². The zero-order chi connectivity index (χ0) is 17.1. The molecule has 0 aromatic heterocycles. The number of fused-ring (bicyclic) bond motifs is 1. The van der Waals surface area contributed by atoms with E-state index in [4.69, 9.17) is 15.2 Å². The van der Waals surface area contributed by atoms with Crippen molar-refractivity contribution in [1.82, 2.24) is 0 Å². The van der Waals surface area contributed by atoms with Crippen LogP contribution >= 0.6 is 0 Å². The largest absolute Gasteiger partial charge is 0.454 e. The molecule has 0 saturated carbocycles. The van der Waals surface area contributed by atoms with Gasteiger partial charge in [-0.15, -0.1) is 0 Å². The Labute approximate surface area is 138 Å². The number of nitrogens with one attached hydrogen (secondary N) is 2. The Morgan fingerprint density at radius 2 is 1.88 bits per heavy atom. The Bertz CT molecular complexity index is 791. The lowest BCUT2D eigenvalue weighted by Crippen LogP contribution is -2.31. The maximum atomic E-state index is 12.3. The van der Waals surface area contributed by atoms with Crippen molar-refractivity contribution >= 4 is 23.2 Å². The van der Waals surface area contributed by atoms with E-state index in [9.17, 15) is 9.59 Å². The lowest BCUT2D eigenvalue weighted by Gasteiger charge is -2.16.